The van der Waals surface area contributed by atoms with Crippen LogP contribution >= 0.6 is 0 Å². The summed E-state index contributed by atoms with van der Waals surface area (Å²) in [6.45, 7) is 2.92. The molecule has 1 fully saturated rings. The molecular formula is C16H20O5. The van der Waals surface area contributed by atoms with Gasteiger partial charge >= 0.3 is 11.9 Å². The Morgan fingerprint density at radius 1 is 1.33 bits per heavy atom. The Hall–Kier alpha value is -1.88. The number of benzene rings is 1. The first kappa shape index (κ1) is 15.5. The molecule has 0 aromatic heterocycles. The third-order valence-electron chi connectivity index (χ3n) is 3.46. The molecule has 1 unspecified atom stereocenters. The van der Waals surface area contributed by atoms with Gasteiger partial charge in [0.1, 0.15) is 12.7 Å². The van der Waals surface area contributed by atoms with E-state index in [0.717, 1.165) is 19.3 Å². The highest BCUT2D eigenvalue weighted by Gasteiger charge is 2.26. The molecule has 0 aliphatic carbocycles. The van der Waals surface area contributed by atoms with Crippen LogP contribution in [0.2, 0.25) is 0 Å². The zero-order chi connectivity index (χ0) is 15.2. The normalized spacial score (nSPS) is 16.5. The maximum absolute atomic E-state index is 12.1. The molecule has 5 heteroatoms. The van der Waals surface area contributed by atoms with Crippen LogP contribution in [0.15, 0.2) is 18.2 Å². The van der Waals surface area contributed by atoms with Crippen LogP contribution in [-0.2, 0) is 15.9 Å². The summed E-state index contributed by atoms with van der Waals surface area (Å²) in [6, 6.07) is 4.74. The van der Waals surface area contributed by atoms with Crippen molar-refractivity contribution < 1.29 is 24.2 Å². The van der Waals surface area contributed by atoms with Crippen molar-refractivity contribution in [3.63, 3.8) is 0 Å². The zero-order valence-corrected chi connectivity index (χ0v) is 12.1. The van der Waals surface area contributed by atoms with Gasteiger partial charge in [-0.2, -0.15) is 0 Å². The lowest BCUT2D eigenvalue weighted by Gasteiger charge is -2.12. The van der Waals surface area contributed by atoms with Gasteiger partial charge in [0.25, 0.3) is 0 Å². The lowest BCUT2D eigenvalue weighted by atomic mass is 9.96. The van der Waals surface area contributed by atoms with E-state index in [4.69, 9.17) is 9.47 Å². The number of carbonyl (C=O) groups is 2. The summed E-state index contributed by atoms with van der Waals surface area (Å²) < 4.78 is 10.2. The zero-order valence-electron chi connectivity index (χ0n) is 12.1. The summed E-state index contributed by atoms with van der Waals surface area (Å²) >= 11 is 0. The van der Waals surface area contributed by atoms with Crippen LogP contribution in [-0.4, -0.2) is 36.4 Å². The second kappa shape index (κ2) is 7.22. The smallest absolute Gasteiger partial charge is 0.338 e. The Bertz CT molecular complexity index is 519. The largest absolute Gasteiger partial charge is 0.478 e. The number of hydrogen-bond donors (Lipinski definition) is 1. The third-order valence-corrected chi connectivity index (χ3v) is 3.46. The van der Waals surface area contributed by atoms with Crippen LogP contribution in [0.1, 0.15) is 52.5 Å². The summed E-state index contributed by atoms with van der Waals surface area (Å²) in [4.78, 5) is 23.5. The van der Waals surface area contributed by atoms with E-state index in [1.54, 1.807) is 12.1 Å². The molecule has 2 rings (SSSR count). The van der Waals surface area contributed by atoms with E-state index in [9.17, 15) is 14.7 Å². The highest BCUT2D eigenvalue weighted by atomic mass is 16.6. The minimum Gasteiger partial charge on any atom is -0.478 e. The molecule has 1 aliphatic rings. The molecule has 1 aromatic carbocycles. The molecule has 5 nitrogen and oxygen atoms in total. The number of rotatable bonds is 8. The topological polar surface area (TPSA) is 76.1 Å². The number of ether oxygens (including phenoxy) is 2. The number of carbonyl (C=O) groups excluding carboxylic acids is 1. The number of unbranched alkanes of at least 4 members (excludes halogenated alkanes) is 2. The monoisotopic (exact) mass is 292 g/mol. The van der Waals surface area contributed by atoms with Crippen molar-refractivity contribution in [2.75, 3.05) is 13.2 Å². The summed E-state index contributed by atoms with van der Waals surface area (Å²) in [5, 5.41) is 9.28. The van der Waals surface area contributed by atoms with Gasteiger partial charge in [0.15, 0.2) is 0 Å². The van der Waals surface area contributed by atoms with Crippen molar-refractivity contribution in [2.24, 2.45) is 0 Å². The van der Waals surface area contributed by atoms with E-state index in [1.807, 2.05) is 0 Å². The van der Waals surface area contributed by atoms with Crippen molar-refractivity contribution in [1.29, 1.82) is 0 Å². The molecule has 0 amide bonds. The Labute approximate surface area is 123 Å². The van der Waals surface area contributed by atoms with Gasteiger partial charge in [-0.05, 0) is 30.5 Å². The van der Waals surface area contributed by atoms with Gasteiger partial charge in [-0.1, -0.05) is 25.8 Å². The average Bonchev–Trinajstić information content (AvgIpc) is 3.29. The Kier molecular flexibility index (Phi) is 5.33. The van der Waals surface area contributed by atoms with Gasteiger partial charge in [0.05, 0.1) is 17.7 Å². The number of hydrogen-bond acceptors (Lipinski definition) is 4. The van der Waals surface area contributed by atoms with Crippen LogP contribution in [0.3, 0.4) is 0 Å². The SMILES string of the molecule is CCCCCc1c(C(=O)O)cccc1C(=O)OCC1CO1. The van der Waals surface area contributed by atoms with Gasteiger partial charge in [0.2, 0.25) is 0 Å². The molecule has 1 saturated heterocycles. The van der Waals surface area contributed by atoms with Crippen molar-refractivity contribution in [1.82, 2.24) is 0 Å². The first-order chi connectivity index (χ1) is 10.1. The number of aromatic carboxylic acids is 1. The molecule has 0 spiro atoms. The lowest BCUT2D eigenvalue weighted by molar-refractivity contribution is 0.0475. The van der Waals surface area contributed by atoms with Gasteiger partial charge in [-0.15, -0.1) is 0 Å². The van der Waals surface area contributed by atoms with Gasteiger partial charge < -0.3 is 14.6 Å². The number of carboxylic acid groups (broad SMARTS) is 1. The molecule has 0 bridgehead atoms. The summed E-state index contributed by atoms with van der Waals surface area (Å²) in [6.07, 6.45) is 3.46. The second-order valence-electron chi connectivity index (χ2n) is 5.15. The van der Waals surface area contributed by atoms with Gasteiger partial charge in [-0.25, -0.2) is 9.59 Å². The van der Waals surface area contributed by atoms with Crippen molar-refractivity contribution in [3.05, 3.63) is 34.9 Å². The summed E-state index contributed by atoms with van der Waals surface area (Å²) in [5.74, 6) is -1.48. The van der Waals surface area contributed by atoms with Crippen LogP contribution < -0.4 is 0 Å². The number of esters is 1. The van der Waals surface area contributed by atoms with Gasteiger partial charge in [-0.3, -0.25) is 0 Å². The second-order valence-corrected chi connectivity index (χ2v) is 5.15. The van der Waals surface area contributed by atoms with E-state index < -0.39 is 11.9 Å². The van der Waals surface area contributed by atoms with Crippen LogP contribution in [0.5, 0.6) is 0 Å². The minimum absolute atomic E-state index is 0.000137. The fraction of sp³-hybridized carbons (Fsp3) is 0.500. The van der Waals surface area contributed by atoms with E-state index >= 15 is 0 Å². The molecule has 1 aromatic rings. The first-order valence-electron chi connectivity index (χ1n) is 7.27. The molecule has 1 N–H and O–H groups in total. The maximum atomic E-state index is 12.1. The number of carboxylic acids is 1. The predicted octanol–water partition coefficient (Wildman–Crippen LogP) is 2.67. The first-order valence-corrected chi connectivity index (χ1v) is 7.27. The standard InChI is InChI=1S/C16H20O5/c1-2-3-4-6-12-13(15(17)18)7-5-8-14(12)16(19)21-10-11-9-20-11/h5,7-8,11H,2-4,6,9-10H2,1H3,(H,17,18). The predicted molar refractivity (Wildman–Crippen MR) is 76.7 cm³/mol. The minimum atomic E-state index is -1.01. The fourth-order valence-electron chi connectivity index (χ4n) is 2.21. The van der Waals surface area contributed by atoms with E-state index in [0.29, 0.717) is 24.2 Å². The highest BCUT2D eigenvalue weighted by Crippen LogP contribution is 2.20. The van der Waals surface area contributed by atoms with E-state index in [-0.39, 0.29) is 18.3 Å². The maximum Gasteiger partial charge on any atom is 0.338 e. The van der Waals surface area contributed by atoms with Crippen LogP contribution in [0.25, 0.3) is 0 Å². The molecular weight excluding hydrogens is 272 g/mol. The van der Waals surface area contributed by atoms with Crippen molar-refractivity contribution in [2.45, 2.75) is 38.7 Å². The Morgan fingerprint density at radius 2 is 2.05 bits per heavy atom. The highest BCUT2D eigenvalue weighted by molar-refractivity contribution is 5.97. The summed E-state index contributed by atoms with van der Waals surface area (Å²) in [7, 11) is 0. The van der Waals surface area contributed by atoms with Crippen LogP contribution in [0.4, 0.5) is 0 Å². The Balaban J connectivity index is 2.17. The molecule has 1 atom stereocenters. The van der Waals surface area contributed by atoms with Crippen LogP contribution in [0, 0.1) is 0 Å². The number of epoxide rings is 1. The van der Waals surface area contributed by atoms with Crippen molar-refractivity contribution >= 4 is 11.9 Å². The third kappa shape index (κ3) is 4.29. The molecule has 114 valence electrons. The fourth-order valence-corrected chi connectivity index (χ4v) is 2.21. The van der Waals surface area contributed by atoms with E-state index in [1.165, 1.54) is 6.07 Å². The molecule has 0 radical (unpaired) electrons. The van der Waals surface area contributed by atoms with Crippen molar-refractivity contribution in [3.8, 4) is 0 Å². The summed E-state index contributed by atoms with van der Waals surface area (Å²) in [5.41, 5.74) is 1.11. The van der Waals surface area contributed by atoms with E-state index in [2.05, 4.69) is 6.92 Å². The quantitative estimate of drug-likeness (QED) is 0.453. The van der Waals surface area contributed by atoms with Gasteiger partial charge in [0, 0.05) is 0 Å². The lowest BCUT2D eigenvalue weighted by Crippen LogP contribution is -2.15. The average molecular weight is 292 g/mol. The molecule has 1 aliphatic heterocycles. The molecule has 1 heterocycles. The molecule has 21 heavy (non-hydrogen) atoms. The Morgan fingerprint density at radius 3 is 2.67 bits per heavy atom. The molecule has 0 saturated carbocycles.